The topological polar surface area (TPSA) is 94.6 Å². The van der Waals surface area contributed by atoms with Crippen LogP contribution in [0.15, 0.2) is 60.7 Å². The number of piperazine rings is 1. The molecule has 0 aromatic heterocycles. The average Bonchev–Trinajstić information content (AvgIpc) is 3.35. The summed E-state index contributed by atoms with van der Waals surface area (Å²) in [5, 5.41) is 0. The van der Waals surface area contributed by atoms with Crippen LogP contribution in [-0.4, -0.2) is 78.5 Å². The van der Waals surface area contributed by atoms with Crippen LogP contribution >= 0.6 is 21.6 Å². The maximum atomic E-state index is 13.6. The molecular formula is C33H32N2O7S2. The maximum absolute atomic E-state index is 13.6. The molecule has 11 heteroatoms. The molecule has 0 aliphatic carbocycles. The first kappa shape index (κ1) is 29.1. The van der Waals surface area contributed by atoms with Crippen molar-refractivity contribution >= 4 is 39.9 Å². The number of carbonyl (C=O) groups is 3. The largest absolute Gasteiger partial charge is 0.497 e. The number of fused-ring (bicyclic) bond motifs is 7. The molecule has 3 aromatic rings. The zero-order chi connectivity index (χ0) is 30.3. The first-order chi connectivity index (χ1) is 21.5. The van der Waals surface area contributed by atoms with E-state index in [0.29, 0.717) is 52.7 Å². The first-order valence-electron chi connectivity index (χ1n) is 14.8. The minimum Gasteiger partial charge on any atom is -0.497 e. The number of benzene rings is 3. The highest BCUT2D eigenvalue weighted by Gasteiger charge is 2.53. The summed E-state index contributed by atoms with van der Waals surface area (Å²) < 4.78 is 24.0. The lowest BCUT2D eigenvalue weighted by molar-refractivity contribution is -0.108. The summed E-state index contributed by atoms with van der Waals surface area (Å²) in [6, 6.07) is 18.3. The summed E-state index contributed by atoms with van der Waals surface area (Å²) in [5.74, 6) is 3.23. The van der Waals surface area contributed by atoms with Crippen molar-refractivity contribution in [3.63, 3.8) is 0 Å². The van der Waals surface area contributed by atoms with Crippen LogP contribution < -0.4 is 14.2 Å². The van der Waals surface area contributed by atoms with Gasteiger partial charge in [0.05, 0.1) is 18.7 Å². The van der Waals surface area contributed by atoms with E-state index in [-0.39, 0.29) is 12.1 Å². The molecule has 4 heterocycles. The van der Waals surface area contributed by atoms with E-state index in [1.54, 1.807) is 42.2 Å². The molecule has 0 bridgehead atoms. The predicted octanol–water partition coefficient (Wildman–Crippen LogP) is 5.88. The van der Waals surface area contributed by atoms with Crippen molar-refractivity contribution in [2.45, 2.75) is 36.9 Å². The molecule has 1 amide bonds. The van der Waals surface area contributed by atoms with Gasteiger partial charge in [-0.05, 0) is 49.7 Å². The number of aldehydes is 1. The fraction of sp³-hybridized carbons (Fsp3) is 0.364. The molecule has 0 saturated carbocycles. The molecule has 1 unspecified atom stereocenters. The van der Waals surface area contributed by atoms with E-state index in [1.165, 1.54) is 0 Å². The molecule has 4 aliphatic rings. The van der Waals surface area contributed by atoms with Gasteiger partial charge in [-0.1, -0.05) is 39.8 Å². The molecule has 0 radical (unpaired) electrons. The number of ether oxygens (including phenoxy) is 4. The summed E-state index contributed by atoms with van der Waals surface area (Å²) in [6.07, 6.45) is 3.03. The highest BCUT2D eigenvalue weighted by molar-refractivity contribution is 8.76. The molecule has 228 valence electrons. The summed E-state index contributed by atoms with van der Waals surface area (Å²) in [5.41, 5.74) is 1.36. The van der Waals surface area contributed by atoms with Gasteiger partial charge >= 0.3 is 12.1 Å². The molecule has 3 atom stereocenters. The zero-order valence-electron chi connectivity index (χ0n) is 24.2. The average molecular weight is 633 g/mol. The standard InChI is InChI=1S/C33H32N2O7S2/c1-39-21-9-11-25-29(17-21)41-30-18-22(10-12-26(30)33(25)24-8-4-3-7-23(24)31(37)42-33)40-32(38)35-15-14-34(13-5-2-6-16-36)27-19-43-44-20-28(27)35/h3-4,7-12,16-18,27-28H,2,5-6,13-15,19-20H2,1H3/t27-,28+,33?/m1/s1. The minimum absolute atomic E-state index is 0.0412. The maximum Gasteiger partial charge on any atom is 0.415 e. The molecule has 1 spiro atoms. The van der Waals surface area contributed by atoms with E-state index in [2.05, 4.69) is 4.90 Å². The second kappa shape index (κ2) is 12.0. The van der Waals surface area contributed by atoms with Crippen molar-refractivity contribution in [2.24, 2.45) is 0 Å². The molecule has 3 aromatic carbocycles. The summed E-state index contributed by atoms with van der Waals surface area (Å²) in [6.45, 7) is 2.26. The number of rotatable bonds is 7. The number of hydrogen-bond donors (Lipinski definition) is 0. The third-order valence-electron chi connectivity index (χ3n) is 8.85. The number of methoxy groups -OCH3 is 1. The van der Waals surface area contributed by atoms with Gasteiger partial charge in [0.1, 0.15) is 29.3 Å². The lowest BCUT2D eigenvalue weighted by atomic mass is 9.77. The highest BCUT2D eigenvalue weighted by atomic mass is 33.1. The van der Waals surface area contributed by atoms with E-state index in [4.69, 9.17) is 18.9 Å². The van der Waals surface area contributed by atoms with E-state index in [9.17, 15) is 14.4 Å². The van der Waals surface area contributed by atoms with E-state index < -0.39 is 17.7 Å². The van der Waals surface area contributed by atoms with E-state index >= 15 is 0 Å². The number of esters is 1. The quantitative estimate of drug-likeness (QED) is 0.136. The van der Waals surface area contributed by atoms with Crippen molar-refractivity contribution in [3.05, 3.63) is 82.9 Å². The number of nitrogens with zero attached hydrogens (tertiary/aromatic N) is 2. The lowest BCUT2D eigenvalue weighted by Gasteiger charge is -2.48. The fourth-order valence-corrected chi connectivity index (χ4v) is 9.43. The van der Waals surface area contributed by atoms with Crippen LogP contribution in [0.1, 0.15) is 46.3 Å². The van der Waals surface area contributed by atoms with Crippen LogP contribution in [0.25, 0.3) is 0 Å². The minimum atomic E-state index is -1.21. The number of hydrogen-bond acceptors (Lipinski definition) is 10. The third kappa shape index (κ3) is 4.91. The monoisotopic (exact) mass is 632 g/mol. The highest BCUT2D eigenvalue weighted by Crippen LogP contribution is 2.57. The molecule has 0 N–H and O–H groups in total. The molecule has 2 fully saturated rings. The van der Waals surface area contributed by atoms with Gasteiger partial charge in [-0.2, -0.15) is 0 Å². The van der Waals surface area contributed by atoms with E-state index in [1.807, 2.05) is 52.1 Å². The van der Waals surface area contributed by atoms with Gasteiger partial charge in [0, 0.05) is 65.9 Å². The second-order valence-electron chi connectivity index (χ2n) is 11.2. The molecular weight excluding hydrogens is 601 g/mol. The van der Waals surface area contributed by atoms with Crippen LogP contribution in [0.2, 0.25) is 0 Å². The first-order valence-corrected chi connectivity index (χ1v) is 17.3. The summed E-state index contributed by atoms with van der Waals surface area (Å²) >= 11 is 0. The van der Waals surface area contributed by atoms with Gasteiger partial charge in [-0.3, -0.25) is 4.90 Å². The number of amides is 1. The van der Waals surface area contributed by atoms with Gasteiger partial charge in [0.2, 0.25) is 0 Å². The smallest absolute Gasteiger partial charge is 0.415 e. The van der Waals surface area contributed by atoms with Crippen LogP contribution in [-0.2, 0) is 15.1 Å². The SMILES string of the molecule is COc1ccc2c(c1)Oc1cc(OC(=O)N3CCN(CCCCC=O)[C@@H]4CSSC[C@@H]43)ccc1C21OC(=O)c2ccccc21. The second-order valence-corrected chi connectivity index (χ2v) is 13.8. The molecule has 2 saturated heterocycles. The van der Waals surface area contributed by atoms with Gasteiger partial charge < -0.3 is 28.6 Å². The Morgan fingerprint density at radius 1 is 0.955 bits per heavy atom. The Morgan fingerprint density at radius 2 is 1.68 bits per heavy atom. The van der Waals surface area contributed by atoms with Crippen LogP contribution in [0, 0.1) is 0 Å². The van der Waals surface area contributed by atoms with Gasteiger partial charge in [-0.25, -0.2) is 9.59 Å². The van der Waals surface area contributed by atoms with Gasteiger partial charge in [0.15, 0.2) is 5.60 Å². The Morgan fingerprint density at radius 3 is 2.45 bits per heavy atom. The zero-order valence-corrected chi connectivity index (χ0v) is 25.9. The van der Waals surface area contributed by atoms with Crippen molar-refractivity contribution < 1.29 is 33.3 Å². The lowest BCUT2D eigenvalue weighted by Crippen LogP contribution is -2.64. The van der Waals surface area contributed by atoms with Crippen molar-refractivity contribution in [1.82, 2.24) is 9.80 Å². The van der Waals surface area contributed by atoms with Crippen molar-refractivity contribution in [3.8, 4) is 23.0 Å². The van der Waals surface area contributed by atoms with Gasteiger partial charge in [-0.15, -0.1) is 0 Å². The normalized spacial score (nSPS) is 23.5. The van der Waals surface area contributed by atoms with Crippen LogP contribution in [0.4, 0.5) is 4.79 Å². The molecule has 4 aliphatic heterocycles. The fourth-order valence-electron chi connectivity index (χ4n) is 6.71. The Kier molecular flexibility index (Phi) is 7.94. The Hall–Kier alpha value is -3.67. The number of carbonyl (C=O) groups excluding carboxylic acids is 3. The van der Waals surface area contributed by atoms with Gasteiger partial charge in [0.25, 0.3) is 0 Å². The predicted molar refractivity (Wildman–Crippen MR) is 168 cm³/mol. The summed E-state index contributed by atoms with van der Waals surface area (Å²) in [7, 11) is 5.21. The van der Waals surface area contributed by atoms with Crippen LogP contribution in [0.3, 0.4) is 0 Å². The molecule has 9 nitrogen and oxygen atoms in total. The molecule has 7 rings (SSSR count). The Labute approximate surface area is 263 Å². The third-order valence-corrected chi connectivity index (χ3v) is 11.3. The summed E-state index contributed by atoms with van der Waals surface area (Å²) in [4.78, 5) is 41.8. The Bertz CT molecular complexity index is 1620. The molecule has 44 heavy (non-hydrogen) atoms. The number of unbranched alkanes of at least 4 members (excludes halogenated alkanes) is 2. The van der Waals surface area contributed by atoms with E-state index in [0.717, 1.165) is 49.3 Å². The van der Waals surface area contributed by atoms with Crippen LogP contribution in [0.5, 0.6) is 23.0 Å². The Balaban J connectivity index is 1.17. The van der Waals surface area contributed by atoms with Crippen molar-refractivity contribution in [1.29, 1.82) is 0 Å². The van der Waals surface area contributed by atoms with Crippen molar-refractivity contribution in [2.75, 3.05) is 38.2 Å².